The summed E-state index contributed by atoms with van der Waals surface area (Å²) in [6.07, 6.45) is 3.22. The van der Waals surface area contributed by atoms with Gasteiger partial charge < -0.3 is 5.32 Å². The average Bonchev–Trinajstić information content (AvgIpc) is 2.92. The van der Waals surface area contributed by atoms with Crippen LogP contribution in [0.25, 0.3) is 10.2 Å². The molecule has 118 valence electrons. The summed E-state index contributed by atoms with van der Waals surface area (Å²) in [6, 6.07) is 8.16. The number of nitrogens with zero attached hydrogens (tertiary/aromatic N) is 2. The monoisotopic (exact) mass is 317 g/mol. The van der Waals surface area contributed by atoms with Crippen molar-refractivity contribution < 1.29 is 4.79 Å². The summed E-state index contributed by atoms with van der Waals surface area (Å²) < 4.78 is 1.21. The number of rotatable bonds is 5. The summed E-state index contributed by atoms with van der Waals surface area (Å²) in [5.41, 5.74) is 1.05. The third kappa shape index (κ3) is 4.05. The maximum Gasteiger partial charge on any atom is 0.234 e. The van der Waals surface area contributed by atoms with Gasteiger partial charge in [0.1, 0.15) is 0 Å². The van der Waals surface area contributed by atoms with Crippen molar-refractivity contribution in [3.63, 3.8) is 0 Å². The first-order valence-corrected chi connectivity index (χ1v) is 8.86. The lowest BCUT2D eigenvalue weighted by molar-refractivity contribution is -0.122. The van der Waals surface area contributed by atoms with Gasteiger partial charge in [0.15, 0.2) is 0 Å². The molecule has 1 aliphatic rings. The van der Waals surface area contributed by atoms with Gasteiger partial charge in [0.2, 0.25) is 5.91 Å². The van der Waals surface area contributed by atoms with Gasteiger partial charge in [0, 0.05) is 13.0 Å². The molecule has 1 amide bonds. The van der Waals surface area contributed by atoms with E-state index in [0.29, 0.717) is 13.1 Å². The first-order valence-electron chi connectivity index (χ1n) is 8.04. The number of piperidine rings is 1. The number of hydrogen-bond acceptors (Lipinski definition) is 4. The molecule has 5 heteroatoms. The molecule has 0 aliphatic carbocycles. The van der Waals surface area contributed by atoms with E-state index in [1.165, 1.54) is 17.5 Å². The normalized spacial score (nSPS) is 17.0. The molecular weight excluding hydrogens is 294 g/mol. The summed E-state index contributed by atoms with van der Waals surface area (Å²) in [4.78, 5) is 18.8. The van der Waals surface area contributed by atoms with E-state index in [-0.39, 0.29) is 5.91 Å². The Morgan fingerprint density at radius 3 is 2.91 bits per heavy atom. The van der Waals surface area contributed by atoms with Crippen molar-refractivity contribution in [2.45, 2.75) is 26.2 Å². The molecule has 0 bridgehead atoms. The van der Waals surface area contributed by atoms with Crippen LogP contribution in [0.1, 0.15) is 24.8 Å². The quantitative estimate of drug-likeness (QED) is 0.922. The molecular formula is C17H23N3OS. The van der Waals surface area contributed by atoms with Gasteiger partial charge in [-0.2, -0.15) is 0 Å². The van der Waals surface area contributed by atoms with Crippen LogP contribution in [0.5, 0.6) is 0 Å². The lowest BCUT2D eigenvalue weighted by Crippen LogP contribution is -2.41. The number of para-hydroxylation sites is 1. The molecule has 2 heterocycles. The third-order valence-electron chi connectivity index (χ3n) is 4.24. The van der Waals surface area contributed by atoms with Crippen molar-refractivity contribution in [2.75, 3.05) is 26.2 Å². The Balaban J connectivity index is 1.41. The van der Waals surface area contributed by atoms with E-state index in [9.17, 15) is 4.79 Å². The Bertz CT molecular complexity index is 599. The van der Waals surface area contributed by atoms with Crippen molar-refractivity contribution in [3.8, 4) is 0 Å². The van der Waals surface area contributed by atoms with Gasteiger partial charge in [-0.3, -0.25) is 9.69 Å². The summed E-state index contributed by atoms with van der Waals surface area (Å²) >= 11 is 1.71. The number of hydrogen-bond donors (Lipinski definition) is 1. The molecule has 0 saturated carbocycles. The van der Waals surface area contributed by atoms with E-state index < -0.39 is 0 Å². The van der Waals surface area contributed by atoms with E-state index in [1.807, 2.05) is 18.2 Å². The summed E-state index contributed by atoms with van der Waals surface area (Å²) in [5, 5.41) is 4.11. The Labute approximate surface area is 135 Å². The van der Waals surface area contributed by atoms with Crippen molar-refractivity contribution in [2.24, 2.45) is 5.92 Å². The molecule has 1 aliphatic heterocycles. The van der Waals surface area contributed by atoms with Crippen LogP contribution in [0.15, 0.2) is 24.3 Å². The van der Waals surface area contributed by atoms with Gasteiger partial charge >= 0.3 is 0 Å². The molecule has 1 N–H and O–H groups in total. The number of amides is 1. The predicted octanol–water partition coefficient (Wildman–Crippen LogP) is 2.69. The maximum atomic E-state index is 12.0. The highest BCUT2D eigenvalue weighted by atomic mass is 32.1. The number of aromatic nitrogens is 1. The molecule has 22 heavy (non-hydrogen) atoms. The van der Waals surface area contributed by atoms with Crippen LogP contribution in [0.3, 0.4) is 0 Å². The fourth-order valence-electron chi connectivity index (χ4n) is 2.81. The van der Waals surface area contributed by atoms with E-state index in [2.05, 4.69) is 28.2 Å². The second-order valence-electron chi connectivity index (χ2n) is 6.13. The SMILES string of the molecule is CC1CCN(CC(=O)NCCc2nc3ccccc3s2)CC1. The van der Waals surface area contributed by atoms with Gasteiger partial charge in [-0.25, -0.2) is 4.98 Å². The largest absolute Gasteiger partial charge is 0.355 e. The Hall–Kier alpha value is -1.46. The number of carbonyl (C=O) groups excluding carboxylic acids is 1. The third-order valence-corrected chi connectivity index (χ3v) is 5.34. The van der Waals surface area contributed by atoms with Gasteiger partial charge in [0.05, 0.1) is 21.8 Å². The van der Waals surface area contributed by atoms with Crippen molar-refractivity contribution in [1.29, 1.82) is 0 Å². The molecule has 1 fully saturated rings. The minimum Gasteiger partial charge on any atom is -0.355 e. The number of carbonyl (C=O) groups is 1. The second-order valence-corrected chi connectivity index (χ2v) is 7.25. The maximum absolute atomic E-state index is 12.0. The van der Waals surface area contributed by atoms with Crippen LogP contribution in [0.2, 0.25) is 0 Å². The highest BCUT2D eigenvalue weighted by Crippen LogP contribution is 2.21. The van der Waals surface area contributed by atoms with Crippen molar-refractivity contribution >= 4 is 27.5 Å². The minimum atomic E-state index is 0.135. The molecule has 1 aromatic heterocycles. The topological polar surface area (TPSA) is 45.2 Å². The van der Waals surface area contributed by atoms with Crippen molar-refractivity contribution in [3.05, 3.63) is 29.3 Å². The summed E-state index contributed by atoms with van der Waals surface area (Å²) in [7, 11) is 0. The fourth-order valence-corrected chi connectivity index (χ4v) is 3.78. The highest BCUT2D eigenvalue weighted by molar-refractivity contribution is 7.18. The molecule has 0 atom stereocenters. The Kier molecular flexibility index (Phi) is 5.05. The predicted molar refractivity (Wildman–Crippen MR) is 91.2 cm³/mol. The van der Waals surface area contributed by atoms with Crippen molar-refractivity contribution in [1.82, 2.24) is 15.2 Å². The fraction of sp³-hybridized carbons (Fsp3) is 0.529. The first kappa shape index (κ1) is 15.4. The molecule has 2 aromatic rings. The highest BCUT2D eigenvalue weighted by Gasteiger charge is 2.17. The molecule has 0 radical (unpaired) electrons. The molecule has 1 saturated heterocycles. The zero-order chi connectivity index (χ0) is 15.4. The van der Waals surface area contributed by atoms with E-state index in [4.69, 9.17) is 0 Å². The first-order chi connectivity index (χ1) is 10.7. The number of fused-ring (bicyclic) bond motifs is 1. The second kappa shape index (κ2) is 7.20. The Morgan fingerprint density at radius 1 is 1.36 bits per heavy atom. The zero-order valence-corrected chi connectivity index (χ0v) is 13.9. The summed E-state index contributed by atoms with van der Waals surface area (Å²) in [6.45, 7) is 5.59. The number of nitrogens with one attached hydrogen (secondary N) is 1. The Morgan fingerprint density at radius 2 is 2.14 bits per heavy atom. The van der Waals surface area contributed by atoms with Crippen LogP contribution >= 0.6 is 11.3 Å². The average molecular weight is 317 g/mol. The van der Waals surface area contributed by atoms with Crippen LogP contribution in [-0.2, 0) is 11.2 Å². The van der Waals surface area contributed by atoms with Crippen LogP contribution in [0.4, 0.5) is 0 Å². The number of likely N-dealkylation sites (tertiary alicyclic amines) is 1. The summed E-state index contributed by atoms with van der Waals surface area (Å²) in [5.74, 6) is 0.939. The van der Waals surface area contributed by atoms with Gasteiger partial charge in [-0.05, 0) is 44.0 Å². The van der Waals surface area contributed by atoms with E-state index in [1.54, 1.807) is 11.3 Å². The van der Waals surface area contributed by atoms with Crippen LogP contribution in [0, 0.1) is 5.92 Å². The molecule has 4 nitrogen and oxygen atoms in total. The molecule has 0 spiro atoms. The van der Waals surface area contributed by atoms with Crippen LogP contribution < -0.4 is 5.32 Å². The van der Waals surface area contributed by atoms with E-state index in [0.717, 1.165) is 36.0 Å². The minimum absolute atomic E-state index is 0.135. The number of thiazole rings is 1. The lowest BCUT2D eigenvalue weighted by atomic mass is 9.99. The smallest absolute Gasteiger partial charge is 0.234 e. The van der Waals surface area contributed by atoms with Gasteiger partial charge in [-0.1, -0.05) is 19.1 Å². The number of benzene rings is 1. The molecule has 3 rings (SSSR count). The van der Waals surface area contributed by atoms with Gasteiger partial charge in [0.25, 0.3) is 0 Å². The lowest BCUT2D eigenvalue weighted by Gasteiger charge is -2.29. The van der Waals surface area contributed by atoms with Gasteiger partial charge in [-0.15, -0.1) is 11.3 Å². The molecule has 0 unspecified atom stereocenters. The van der Waals surface area contributed by atoms with E-state index >= 15 is 0 Å². The zero-order valence-electron chi connectivity index (χ0n) is 13.0. The standard InChI is InChI=1S/C17H23N3OS/c1-13-7-10-20(11-8-13)12-16(21)18-9-6-17-19-14-4-2-3-5-15(14)22-17/h2-5,13H,6-12H2,1H3,(H,18,21). The molecule has 1 aromatic carbocycles. The van der Waals surface area contributed by atoms with Crippen LogP contribution in [-0.4, -0.2) is 42.0 Å².